The summed E-state index contributed by atoms with van der Waals surface area (Å²) in [5, 5.41) is 0. The Kier molecular flexibility index (Phi) is 2.60. The molecule has 1 aliphatic rings. The molecule has 0 aliphatic heterocycles. The monoisotopic (exact) mass is 230 g/mol. The van der Waals surface area contributed by atoms with Crippen LogP contribution in [0.3, 0.4) is 0 Å². The molecule has 1 nitrogen and oxygen atoms in total. The van der Waals surface area contributed by atoms with Gasteiger partial charge < -0.3 is 4.74 Å². The molecule has 0 spiro atoms. The van der Waals surface area contributed by atoms with Gasteiger partial charge in [0.25, 0.3) is 0 Å². The van der Waals surface area contributed by atoms with Gasteiger partial charge in [-0.3, -0.25) is 0 Å². The van der Waals surface area contributed by atoms with Crippen molar-refractivity contribution in [2.45, 2.75) is 32.5 Å². The molecule has 16 heavy (non-hydrogen) atoms. The van der Waals surface area contributed by atoms with E-state index in [1.807, 2.05) is 0 Å². The Bertz CT molecular complexity index is 337. The molecule has 0 amide bonds. The van der Waals surface area contributed by atoms with Crippen LogP contribution in [0.4, 0.5) is 13.2 Å². The van der Waals surface area contributed by atoms with E-state index < -0.39 is 6.36 Å². The second-order valence-electron chi connectivity index (χ2n) is 4.68. The lowest BCUT2D eigenvalue weighted by Gasteiger charge is -2.11. The Balaban J connectivity index is 1.99. The van der Waals surface area contributed by atoms with Crippen LogP contribution in [0.2, 0.25) is 0 Å². The Labute approximate surface area is 92.2 Å². The largest absolute Gasteiger partial charge is 0.573 e. The topological polar surface area (TPSA) is 9.23 Å². The molecule has 0 bridgehead atoms. The van der Waals surface area contributed by atoms with E-state index in [9.17, 15) is 13.2 Å². The molecule has 0 radical (unpaired) electrons. The molecule has 0 aromatic heterocycles. The SMILES string of the molecule is CC1(Cc2ccc(OC(F)(F)F)cc2)CC1. The number of benzene rings is 1. The average molecular weight is 230 g/mol. The van der Waals surface area contributed by atoms with E-state index in [1.54, 1.807) is 12.1 Å². The fraction of sp³-hybridized carbons (Fsp3) is 0.500. The number of ether oxygens (including phenoxy) is 1. The number of rotatable bonds is 3. The minimum absolute atomic E-state index is 0.155. The molecular formula is C12H13F3O. The van der Waals surface area contributed by atoms with Crippen LogP contribution in [0, 0.1) is 5.41 Å². The predicted molar refractivity (Wildman–Crippen MR) is 54.2 cm³/mol. The normalized spacial score (nSPS) is 18.2. The first-order valence-corrected chi connectivity index (χ1v) is 5.21. The molecular weight excluding hydrogens is 217 g/mol. The maximum Gasteiger partial charge on any atom is 0.573 e. The third-order valence-corrected chi connectivity index (χ3v) is 2.89. The second kappa shape index (κ2) is 3.68. The molecule has 0 atom stereocenters. The Morgan fingerprint density at radius 2 is 1.75 bits per heavy atom. The van der Waals surface area contributed by atoms with E-state index in [0.29, 0.717) is 5.41 Å². The third kappa shape index (κ3) is 3.15. The highest BCUT2D eigenvalue weighted by molar-refractivity contribution is 5.28. The fourth-order valence-electron chi connectivity index (χ4n) is 1.69. The summed E-state index contributed by atoms with van der Waals surface area (Å²) in [7, 11) is 0. The summed E-state index contributed by atoms with van der Waals surface area (Å²) >= 11 is 0. The predicted octanol–water partition coefficient (Wildman–Crippen LogP) is 3.93. The van der Waals surface area contributed by atoms with Gasteiger partial charge in [-0.05, 0) is 42.4 Å². The van der Waals surface area contributed by atoms with Gasteiger partial charge in [0.1, 0.15) is 5.75 Å². The second-order valence-corrected chi connectivity index (χ2v) is 4.68. The summed E-state index contributed by atoms with van der Waals surface area (Å²) in [6, 6.07) is 6.14. The van der Waals surface area contributed by atoms with Gasteiger partial charge in [0.05, 0.1) is 0 Å². The fourth-order valence-corrected chi connectivity index (χ4v) is 1.69. The van der Waals surface area contributed by atoms with Crippen LogP contribution in [0.25, 0.3) is 0 Å². The summed E-state index contributed by atoms with van der Waals surface area (Å²) in [6.07, 6.45) is -1.27. The van der Waals surface area contributed by atoms with Gasteiger partial charge in [-0.2, -0.15) is 0 Å². The van der Waals surface area contributed by atoms with Gasteiger partial charge >= 0.3 is 6.36 Å². The summed E-state index contributed by atoms with van der Waals surface area (Å²) in [6.45, 7) is 2.19. The number of hydrogen-bond acceptors (Lipinski definition) is 1. The molecule has 1 saturated carbocycles. The van der Waals surface area contributed by atoms with Crippen molar-refractivity contribution in [3.05, 3.63) is 29.8 Å². The van der Waals surface area contributed by atoms with E-state index >= 15 is 0 Å². The van der Waals surface area contributed by atoms with Crippen molar-refractivity contribution in [1.29, 1.82) is 0 Å². The highest BCUT2D eigenvalue weighted by Crippen LogP contribution is 2.47. The summed E-state index contributed by atoms with van der Waals surface area (Å²) in [4.78, 5) is 0. The lowest BCUT2D eigenvalue weighted by molar-refractivity contribution is -0.274. The van der Waals surface area contributed by atoms with Gasteiger partial charge in [-0.1, -0.05) is 19.1 Å². The van der Waals surface area contributed by atoms with Crippen molar-refractivity contribution < 1.29 is 17.9 Å². The summed E-state index contributed by atoms with van der Waals surface area (Å²) in [5.74, 6) is -0.155. The minimum Gasteiger partial charge on any atom is -0.406 e. The van der Waals surface area contributed by atoms with Crippen LogP contribution in [0.15, 0.2) is 24.3 Å². The zero-order valence-electron chi connectivity index (χ0n) is 8.97. The molecule has 1 aromatic rings. The van der Waals surface area contributed by atoms with Gasteiger partial charge in [0, 0.05) is 0 Å². The number of alkyl halides is 3. The van der Waals surface area contributed by atoms with Crippen LogP contribution in [0.1, 0.15) is 25.3 Å². The lowest BCUT2D eigenvalue weighted by Crippen LogP contribution is -2.17. The van der Waals surface area contributed by atoms with Crippen LogP contribution >= 0.6 is 0 Å². The highest BCUT2D eigenvalue weighted by atomic mass is 19.4. The number of halogens is 3. The van der Waals surface area contributed by atoms with E-state index in [4.69, 9.17) is 0 Å². The average Bonchev–Trinajstić information content (AvgIpc) is 2.85. The first-order valence-electron chi connectivity index (χ1n) is 5.21. The molecule has 88 valence electrons. The lowest BCUT2D eigenvalue weighted by atomic mass is 9.99. The quantitative estimate of drug-likeness (QED) is 0.764. The van der Waals surface area contributed by atoms with E-state index in [1.165, 1.54) is 25.0 Å². The van der Waals surface area contributed by atoms with Gasteiger partial charge in [0.2, 0.25) is 0 Å². The Morgan fingerprint density at radius 3 is 2.19 bits per heavy atom. The van der Waals surface area contributed by atoms with E-state index in [2.05, 4.69) is 11.7 Å². The molecule has 2 rings (SSSR count). The van der Waals surface area contributed by atoms with Gasteiger partial charge in [-0.15, -0.1) is 13.2 Å². The number of hydrogen-bond donors (Lipinski definition) is 0. The summed E-state index contributed by atoms with van der Waals surface area (Å²) < 4.78 is 39.5. The van der Waals surface area contributed by atoms with Crippen molar-refractivity contribution in [2.24, 2.45) is 5.41 Å². The maximum absolute atomic E-state index is 11.9. The zero-order valence-corrected chi connectivity index (χ0v) is 8.97. The van der Waals surface area contributed by atoms with Crippen molar-refractivity contribution in [3.63, 3.8) is 0 Å². The summed E-state index contributed by atoms with van der Waals surface area (Å²) in [5.41, 5.74) is 1.43. The molecule has 1 fully saturated rings. The van der Waals surface area contributed by atoms with Crippen molar-refractivity contribution in [1.82, 2.24) is 0 Å². The van der Waals surface area contributed by atoms with Crippen LogP contribution in [-0.2, 0) is 6.42 Å². The Hall–Kier alpha value is -1.19. The smallest absolute Gasteiger partial charge is 0.406 e. The zero-order chi connectivity index (χ0) is 11.8. The third-order valence-electron chi connectivity index (χ3n) is 2.89. The highest BCUT2D eigenvalue weighted by Gasteiger charge is 2.37. The van der Waals surface area contributed by atoms with E-state index in [0.717, 1.165) is 12.0 Å². The van der Waals surface area contributed by atoms with Crippen molar-refractivity contribution >= 4 is 0 Å². The van der Waals surface area contributed by atoms with Crippen LogP contribution < -0.4 is 4.74 Å². The first kappa shape index (κ1) is 11.3. The molecule has 4 heteroatoms. The molecule has 0 N–H and O–H groups in total. The van der Waals surface area contributed by atoms with Crippen LogP contribution in [-0.4, -0.2) is 6.36 Å². The molecule has 1 aliphatic carbocycles. The molecule has 0 unspecified atom stereocenters. The van der Waals surface area contributed by atoms with E-state index in [-0.39, 0.29) is 5.75 Å². The molecule has 1 aromatic carbocycles. The van der Waals surface area contributed by atoms with Gasteiger partial charge in [0.15, 0.2) is 0 Å². The first-order chi connectivity index (χ1) is 7.36. The van der Waals surface area contributed by atoms with Crippen molar-refractivity contribution in [2.75, 3.05) is 0 Å². The van der Waals surface area contributed by atoms with Crippen molar-refractivity contribution in [3.8, 4) is 5.75 Å². The minimum atomic E-state index is -4.61. The maximum atomic E-state index is 11.9. The Morgan fingerprint density at radius 1 is 1.19 bits per heavy atom. The molecule has 0 saturated heterocycles. The standard InChI is InChI=1S/C12H13F3O/c1-11(6-7-11)8-9-2-4-10(5-3-9)16-12(13,14)15/h2-5H,6-8H2,1H3. The van der Waals surface area contributed by atoms with Crippen LogP contribution in [0.5, 0.6) is 5.75 Å². The molecule has 0 heterocycles. The van der Waals surface area contributed by atoms with Gasteiger partial charge in [-0.25, -0.2) is 0 Å².